The van der Waals surface area contributed by atoms with Crippen LogP contribution in [-0.2, 0) is 19.5 Å². The van der Waals surface area contributed by atoms with E-state index in [4.69, 9.17) is 19.2 Å². The number of nitrogens with zero attached hydrogens (tertiary/aromatic N) is 5. The Morgan fingerprint density at radius 2 is 1.70 bits per heavy atom. The van der Waals surface area contributed by atoms with Gasteiger partial charge in [0.1, 0.15) is 23.1 Å². The van der Waals surface area contributed by atoms with E-state index in [2.05, 4.69) is 49.1 Å². The molecule has 362 valence electrons. The molecule has 4 saturated heterocycles. The summed E-state index contributed by atoms with van der Waals surface area (Å²) in [4.78, 5) is 41.1. The van der Waals surface area contributed by atoms with Crippen LogP contribution in [0.25, 0.3) is 11.0 Å². The fourth-order valence-corrected chi connectivity index (χ4v) is 13.5. The molecule has 2 saturated carbocycles. The average molecular weight is 957 g/mol. The highest BCUT2D eigenvalue weighted by molar-refractivity contribution is 7.90. The number of sulfonamides is 1. The van der Waals surface area contributed by atoms with Gasteiger partial charge < -0.3 is 34.3 Å². The Morgan fingerprint density at radius 3 is 2.48 bits per heavy atom. The Bertz CT molecular complexity index is 2880. The summed E-state index contributed by atoms with van der Waals surface area (Å²) in [5.41, 5.74) is 6.11. The number of nitro groups is 1. The normalized spacial score (nSPS) is 24.1. The van der Waals surface area contributed by atoms with Crippen molar-refractivity contribution in [1.82, 2.24) is 19.6 Å². The zero-order valence-electron chi connectivity index (χ0n) is 38.8. The first kappa shape index (κ1) is 44.5. The number of ether oxygens (including phenoxy) is 3. The monoisotopic (exact) mass is 956 g/mol. The van der Waals surface area contributed by atoms with Crippen LogP contribution in [0.1, 0.15) is 104 Å². The first-order valence-corrected chi connectivity index (χ1v) is 26.5. The highest BCUT2D eigenvalue weighted by Gasteiger charge is 2.50. The summed E-state index contributed by atoms with van der Waals surface area (Å²) in [6.07, 6.45) is 14.1. The first-order chi connectivity index (χ1) is 33.6. The number of benzene rings is 3. The molecular weight excluding hydrogens is 897 g/mol. The standard InChI is InChI=1S/C52H60N8O8S/c61-50(56-69(64,65)38-11-13-42(45(27-38)60(62)63)54-30-33-15-23-66-24-16-33)41-12-10-36(26-44(41)59-46-25-35-14-19-53-49(35)55-51(46)68-48-32-67-31-47(48)59)57-21-17-52(18-22-57)28-37(29-52)58-20-4-9-43(58)40-8-2-1-7-39(40)34-5-3-6-34/h1-2,7-8,10-14,19,25-27,33-34,37,43,47-48,54H,3-6,9,15-18,20-24,28-32H2,(H,53,55)(H,56,61)/t43-,47-,48-/m0/s1. The molecule has 7 heterocycles. The van der Waals surface area contributed by atoms with Crippen molar-refractivity contribution in [3.63, 3.8) is 0 Å². The molecule has 5 aliphatic heterocycles. The summed E-state index contributed by atoms with van der Waals surface area (Å²) >= 11 is 0. The predicted octanol–water partition coefficient (Wildman–Crippen LogP) is 8.58. The molecule has 17 heteroatoms. The number of hydrogen-bond donors (Lipinski definition) is 3. The number of fused-ring (bicyclic) bond motifs is 3. The second-order valence-electron chi connectivity index (χ2n) is 20.6. The number of likely N-dealkylation sites (tertiary alicyclic amines) is 1. The smallest absolute Gasteiger partial charge is 0.293 e. The molecule has 2 aromatic heterocycles. The van der Waals surface area contributed by atoms with Gasteiger partial charge in [0, 0.05) is 68.3 Å². The van der Waals surface area contributed by atoms with E-state index in [0.717, 1.165) is 61.8 Å². The molecule has 6 fully saturated rings. The van der Waals surface area contributed by atoms with E-state index in [1.165, 1.54) is 63.6 Å². The van der Waals surface area contributed by atoms with Gasteiger partial charge in [-0.3, -0.25) is 19.8 Å². The number of aromatic nitrogens is 2. The molecule has 2 aliphatic carbocycles. The highest BCUT2D eigenvalue weighted by Crippen LogP contribution is 2.55. The number of nitrogens with one attached hydrogen (secondary N) is 3. The lowest BCUT2D eigenvalue weighted by Gasteiger charge is -2.56. The van der Waals surface area contributed by atoms with Crippen molar-refractivity contribution < 1.29 is 32.3 Å². The van der Waals surface area contributed by atoms with Gasteiger partial charge in [-0.2, -0.15) is 4.98 Å². The second-order valence-corrected chi connectivity index (χ2v) is 22.3. The molecule has 3 N–H and O–H groups in total. The van der Waals surface area contributed by atoms with E-state index >= 15 is 0 Å². The number of piperidine rings is 1. The lowest BCUT2D eigenvalue weighted by atomic mass is 9.59. The number of H-pyrrole nitrogens is 1. The summed E-state index contributed by atoms with van der Waals surface area (Å²) < 4.78 is 48.3. The number of anilines is 4. The first-order valence-electron chi connectivity index (χ1n) is 25.0. The Kier molecular flexibility index (Phi) is 11.5. The molecule has 0 bridgehead atoms. The van der Waals surface area contributed by atoms with Crippen LogP contribution >= 0.6 is 0 Å². The molecular formula is C52H60N8O8S. The van der Waals surface area contributed by atoms with Crippen LogP contribution in [0.3, 0.4) is 0 Å². The number of carbonyl (C=O) groups excluding carboxylic acids is 1. The Hall–Kier alpha value is -5.75. The molecule has 0 radical (unpaired) electrons. The van der Waals surface area contributed by atoms with Crippen LogP contribution in [0.4, 0.5) is 28.4 Å². The summed E-state index contributed by atoms with van der Waals surface area (Å²) in [6, 6.07) is 23.2. The predicted molar refractivity (Wildman–Crippen MR) is 262 cm³/mol. The zero-order chi connectivity index (χ0) is 46.9. The number of rotatable bonds is 12. The fourth-order valence-electron chi connectivity index (χ4n) is 12.5. The maximum absolute atomic E-state index is 14.6. The van der Waals surface area contributed by atoms with Crippen LogP contribution in [-0.4, -0.2) is 105 Å². The number of pyridine rings is 1. The fraction of sp³-hybridized carbons (Fsp3) is 0.500. The quantitative estimate of drug-likeness (QED) is 0.0799. The molecule has 1 spiro atoms. The number of amides is 1. The van der Waals surface area contributed by atoms with E-state index < -0.39 is 37.5 Å². The van der Waals surface area contributed by atoms with Gasteiger partial charge in [-0.25, -0.2) is 13.1 Å². The molecule has 1 amide bonds. The van der Waals surface area contributed by atoms with Crippen molar-refractivity contribution in [1.29, 1.82) is 0 Å². The van der Waals surface area contributed by atoms with Gasteiger partial charge in [-0.1, -0.05) is 30.7 Å². The van der Waals surface area contributed by atoms with Crippen LogP contribution in [0.5, 0.6) is 5.88 Å². The van der Waals surface area contributed by atoms with Crippen molar-refractivity contribution in [2.24, 2.45) is 11.3 Å². The van der Waals surface area contributed by atoms with Gasteiger partial charge in [-0.05, 0) is 142 Å². The van der Waals surface area contributed by atoms with E-state index in [1.807, 2.05) is 35.4 Å². The minimum atomic E-state index is -4.58. The van der Waals surface area contributed by atoms with Gasteiger partial charge in [0.05, 0.1) is 40.3 Å². The zero-order valence-corrected chi connectivity index (χ0v) is 39.6. The highest BCUT2D eigenvalue weighted by atomic mass is 32.2. The van der Waals surface area contributed by atoms with E-state index in [-0.39, 0.29) is 23.2 Å². The molecule has 0 unspecified atom stereocenters. The summed E-state index contributed by atoms with van der Waals surface area (Å²) in [5.74, 6) is 0.509. The topological polar surface area (TPSA) is 184 Å². The van der Waals surface area contributed by atoms with Crippen molar-refractivity contribution in [3.8, 4) is 5.88 Å². The third kappa shape index (κ3) is 8.28. The SMILES string of the molecule is O=C(NS(=O)(=O)c1ccc(NCC2CCOCC2)c([N+](=O)[O-])c1)c1ccc(N2CCC3(CC2)CC(N2CCC[C@H]2c2ccccc2C2CCC2)C3)cc1N1c2cc3cc[nH]c3nc2O[C@H]2COC[C@@H]21. The average Bonchev–Trinajstić information content (AvgIpc) is 4.13. The number of carbonyl (C=O) groups is 1. The summed E-state index contributed by atoms with van der Waals surface area (Å²) in [7, 11) is -4.58. The summed E-state index contributed by atoms with van der Waals surface area (Å²) in [5, 5.41) is 16.3. The number of aromatic amines is 1. The van der Waals surface area contributed by atoms with Gasteiger partial charge >= 0.3 is 0 Å². The van der Waals surface area contributed by atoms with Gasteiger partial charge in [0.25, 0.3) is 21.6 Å². The van der Waals surface area contributed by atoms with Crippen molar-refractivity contribution in [2.45, 2.75) is 106 Å². The maximum atomic E-state index is 14.6. The molecule has 3 aromatic carbocycles. The minimum Gasteiger partial charge on any atom is -0.468 e. The van der Waals surface area contributed by atoms with E-state index in [9.17, 15) is 23.3 Å². The second kappa shape index (κ2) is 17.9. The molecule has 12 rings (SSSR count). The van der Waals surface area contributed by atoms with E-state index in [0.29, 0.717) is 73.4 Å². The molecule has 3 atom stereocenters. The summed E-state index contributed by atoms with van der Waals surface area (Å²) in [6.45, 7) is 5.28. The van der Waals surface area contributed by atoms with Crippen LogP contribution in [0.2, 0.25) is 0 Å². The van der Waals surface area contributed by atoms with E-state index in [1.54, 1.807) is 17.2 Å². The largest absolute Gasteiger partial charge is 0.468 e. The van der Waals surface area contributed by atoms with Crippen molar-refractivity contribution in [3.05, 3.63) is 106 Å². The van der Waals surface area contributed by atoms with Crippen LogP contribution in [0, 0.1) is 21.4 Å². The third-order valence-electron chi connectivity index (χ3n) is 16.6. The van der Waals surface area contributed by atoms with Crippen molar-refractivity contribution >= 4 is 55.4 Å². The number of hydrogen-bond acceptors (Lipinski definition) is 13. The Morgan fingerprint density at radius 1 is 0.884 bits per heavy atom. The number of nitro benzene ring substituents is 1. The van der Waals surface area contributed by atoms with Crippen LogP contribution < -0.4 is 24.6 Å². The molecule has 5 aromatic rings. The molecule has 7 aliphatic rings. The minimum absolute atomic E-state index is 0.119. The molecule has 16 nitrogen and oxygen atoms in total. The van der Waals surface area contributed by atoms with Crippen molar-refractivity contribution in [2.75, 3.05) is 67.7 Å². The third-order valence-corrected chi connectivity index (χ3v) is 18.0. The van der Waals surface area contributed by atoms with Gasteiger partial charge in [-0.15, -0.1) is 0 Å². The van der Waals surface area contributed by atoms with Crippen LogP contribution in [0.15, 0.2) is 83.9 Å². The lowest BCUT2D eigenvalue weighted by molar-refractivity contribution is -0.384. The van der Waals surface area contributed by atoms with Gasteiger partial charge in [0.15, 0.2) is 0 Å². The lowest BCUT2D eigenvalue weighted by Crippen LogP contribution is -2.55. The maximum Gasteiger partial charge on any atom is 0.293 e. The Balaban J connectivity index is 0.811. The Labute approximate surface area is 402 Å². The van der Waals surface area contributed by atoms with Gasteiger partial charge in [0.2, 0.25) is 5.88 Å². The molecule has 69 heavy (non-hydrogen) atoms.